The zero-order valence-corrected chi connectivity index (χ0v) is 11.2. The van der Waals surface area contributed by atoms with Gasteiger partial charge in [0.05, 0.1) is 6.42 Å². The van der Waals surface area contributed by atoms with Gasteiger partial charge < -0.3 is 10.0 Å². The molecule has 1 N–H and O–H groups in total. The third-order valence-corrected chi connectivity index (χ3v) is 3.60. The van der Waals surface area contributed by atoms with Crippen LogP contribution in [0.5, 0.6) is 0 Å². The Kier molecular flexibility index (Phi) is 4.84. The first kappa shape index (κ1) is 14.7. The van der Waals surface area contributed by atoms with Crippen molar-refractivity contribution in [2.45, 2.75) is 19.3 Å². The standard InChI is InChI=1S/C15H18FNO3/c16-13-5-3-11(4-6-13)15(20)12(9-14(18)19)10-17-7-1-2-8-17/h3-6,12H,1-2,7-10H2,(H,18,19). The first-order chi connectivity index (χ1) is 9.56. The number of benzene rings is 1. The minimum atomic E-state index is -0.982. The number of likely N-dealkylation sites (tertiary alicyclic amines) is 1. The zero-order valence-electron chi connectivity index (χ0n) is 11.2. The second kappa shape index (κ2) is 6.61. The maximum Gasteiger partial charge on any atom is 0.304 e. The van der Waals surface area contributed by atoms with Crippen molar-refractivity contribution in [1.29, 1.82) is 0 Å². The molecule has 1 aromatic carbocycles. The number of carboxylic acids is 1. The number of carbonyl (C=O) groups excluding carboxylic acids is 1. The van der Waals surface area contributed by atoms with Crippen molar-refractivity contribution in [2.24, 2.45) is 5.92 Å². The van der Waals surface area contributed by atoms with Crippen LogP contribution in [0.4, 0.5) is 4.39 Å². The number of Topliss-reactive ketones (excluding diaryl/α,β-unsaturated/α-hetero) is 1. The van der Waals surface area contributed by atoms with Gasteiger partial charge in [0, 0.05) is 18.0 Å². The molecular formula is C15H18FNO3. The predicted octanol–water partition coefficient (Wildman–Crippen LogP) is 2.20. The Labute approximate surface area is 117 Å². The molecule has 0 spiro atoms. The fraction of sp³-hybridized carbons (Fsp3) is 0.467. The minimum Gasteiger partial charge on any atom is -0.481 e. The fourth-order valence-electron chi connectivity index (χ4n) is 2.58. The Bertz CT molecular complexity index is 480. The summed E-state index contributed by atoms with van der Waals surface area (Å²) >= 11 is 0. The molecule has 0 radical (unpaired) electrons. The Morgan fingerprint density at radius 3 is 2.35 bits per heavy atom. The summed E-state index contributed by atoms with van der Waals surface area (Å²) in [6.07, 6.45) is 1.99. The normalized spacial score (nSPS) is 17.1. The van der Waals surface area contributed by atoms with E-state index in [1.807, 2.05) is 0 Å². The van der Waals surface area contributed by atoms with Gasteiger partial charge in [-0.1, -0.05) is 0 Å². The molecule has 0 bridgehead atoms. The molecule has 1 aliphatic heterocycles. The third kappa shape index (κ3) is 3.87. The quantitative estimate of drug-likeness (QED) is 0.811. The number of ketones is 1. The van der Waals surface area contributed by atoms with Crippen LogP contribution < -0.4 is 0 Å². The van der Waals surface area contributed by atoms with Crippen LogP contribution in [0.2, 0.25) is 0 Å². The van der Waals surface area contributed by atoms with E-state index in [-0.39, 0.29) is 12.2 Å². The molecule has 0 aromatic heterocycles. The van der Waals surface area contributed by atoms with Gasteiger partial charge >= 0.3 is 5.97 Å². The Balaban J connectivity index is 2.09. The summed E-state index contributed by atoms with van der Waals surface area (Å²) in [5.41, 5.74) is 0.372. The second-order valence-electron chi connectivity index (χ2n) is 5.17. The molecule has 5 heteroatoms. The molecule has 108 valence electrons. The SMILES string of the molecule is O=C(O)CC(CN1CCCC1)C(=O)c1ccc(F)cc1. The summed E-state index contributed by atoms with van der Waals surface area (Å²) < 4.78 is 12.9. The van der Waals surface area contributed by atoms with E-state index in [1.165, 1.54) is 24.3 Å². The number of halogens is 1. The van der Waals surface area contributed by atoms with E-state index in [1.54, 1.807) is 0 Å². The van der Waals surface area contributed by atoms with Gasteiger partial charge in [0.2, 0.25) is 0 Å². The van der Waals surface area contributed by atoms with E-state index < -0.39 is 17.7 Å². The first-order valence-electron chi connectivity index (χ1n) is 6.80. The molecule has 1 heterocycles. The van der Waals surface area contributed by atoms with E-state index in [0.717, 1.165) is 25.9 Å². The maximum absolute atomic E-state index is 12.9. The summed E-state index contributed by atoms with van der Waals surface area (Å²) in [4.78, 5) is 25.4. The maximum atomic E-state index is 12.9. The van der Waals surface area contributed by atoms with Crippen molar-refractivity contribution in [3.8, 4) is 0 Å². The molecule has 1 fully saturated rings. The highest BCUT2D eigenvalue weighted by Gasteiger charge is 2.26. The van der Waals surface area contributed by atoms with Gasteiger partial charge in [-0.05, 0) is 50.2 Å². The smallest absolute Gasteiger partial charge is 0.304 e. The van der Waals surface area contributed by atoms with Gasteiger partial charge in [-0.2, -0.15) is 0 Å². The summed E-state index contributed by atoms with van der Waals surface area (Å²) in [5, 5.41) is 8.97. The van der Waals surface area contributed by atoms with Gasteiger partial charge in [-0.25, -0.2) is 4.39 Å². The Hall–Kier alpha value is -1.75. The lowest BCUT2D eigenvalue weighted by Crippen LogP contribution is -2.32. The highest BCUT2D eigenvalue weighted by atomic mass is 19.1. The first-order valence-corrected chi connectivity index (χ1v) is 6.80. The van der Waals surface area contributed by atoms with Gasteiger partial charge in [0.25, 0.3) is 0 Å². The van der Waals surface area contributed by atoms with Crippen molar-refractivity contribution >= 4 is 11.8 Å². The highest BCUT2D eigenvalue weighted by Crippen LogP contribution is 2.18. The Morgan fingerprint density at radius 2 is 1.80 bits per heavy atom. The van der Waals surface area contributed by atoms with Crippen molar-refractivity contribution in [1.82, 2.24) is 4.90 Å². The molecule has 2 rings (SSSR count). The lowest BCUT2D eigenvalue weighted by molar-refractivity contribution is -0.137. The van der Waals surface area contributed by atoms with Crippen molar-refractivity contribution in [2.75, 3.05) is 19.6 Å². The molecule has 0 aliphatic carbocycles. The van der Waals surface area contributed by atoms with Crippen LogP contribution in [0.1, 0.15) is 29.6 Å². The van der Waals surface area contributed by atoms with E-state index in [9.17, 15) is 14.0 Å². The van der Waals surface area contributed by atoms with E-state index in [4.69, 9.17) is 5.11 Å². The fourth-order valence-corrected chi connectivity index (χ4v) is 2.58. The molecule has 0 saturated carbocycles. The van der Waals surface area contributed by atoms with E-state index >= 15 is 0 Å². The summed E-state index contributed by atoms with van der Waals surface area (Å²) in [6, 6.07) is 5.27. The Morgan fingerprint density at radius 1 is 1.20 bits per heavy atom. The van der Waals surface area contributed by atoms with Crippen LogP contribution in [-0.2, 0) is 4.79 Å². The van der Waals surface area contributed by atoms with Gasteiger partial charge in [0.1, 0.15) is 5.82 Å². The average Bonchev–Trinajstić information content (AvgIpc) is 2.90. The topological polar surface area (TPSA) is 57.6 Å². The summed E-state index contributed by atoms with van der Waals surface area (Å²) in [7, 11) is 0. The average molecular weight is 279 g/mol. The van der Waals surface area contributed by atoms with E-state index in [0.29, 0.717) is 12.1 Å². The highest BCUT2D eigenvalue weighted by molar-refractivity contribution is 5.99. The van der Waals surface area contributed by atoms with Crippen LogP contribution in [0, 0.1) is 11.7 Å². The number of nitrogens with zero attached hydrogens (tertiary/aromatic N) is 1. The number of aliphatic carboxylic acids is 1. The van der Waals surface area contributed by atoms with Crippen molar-refractivity contribution in [3.63, 3.8) is 0 Å². The second-order valence-corrected chi connectivity index (χ2v) is 5.17. The van der Waals surface area contributed by atoms with E-state index in [2.05, 4.69) is 4.90 Å². The lowest BCUT2D eigenvalue weighted by atomic mass is 9.94. The third-order valence-electron chi connectivity index (χ3n) is 3.60. The number of hydrogen-bond donors (Lipinski definition) is 1. The van der Waals surface area contributed by atoms with Gasteiger partial charge in [-0.15, -0.1) is 0 Å². The molecular weight excluding hydrogens is 261 g/mol. The van der Waals surface area contributed by atoms with Gasteiger partial charge in [-0.3, -0.25) is 9.59 Å². The zero-order chi connectivity index (χ0) is 14.5. The molecule has 4 nitrogen and oxygen atoms in total. The number of carbonyl (C=O) groups is 2. The van der Waals surface area contributed by atoms with Crippen LogP contribution in [0.15, 0.2) is 24.3 Å². The molecule has 1 atom stereocenters. The molecule has 0 amide bonds. The predicted molar refractivity (Wildman–Crippen MR) is 72.1 cm³/mol. The van der Waals surface area contributed by atoms with Crippen LogP contribution in [-0.4, -0.2) is 41.4 Å². The number of carboxylic acid groups (broad SMARTS) is 1. The number of rotatable bonds is 6. The summed E-state index contributed by atoms with van der Waals surface area (Å²) in [5.74, 6) is -2.18. The largest absolute Gasteiger partial charge is 0.481 e. The molecule has 1 saturated heterocycles. The minimum absolute atomic E-state index is 0.188. The monoisotopic (exact) mass is 279 g/mol. The molecule has 1 aliphatic rings. The van der Waals surface area contributed by atoms with Gasteiger partial charge in [0.15, 0.2) is 5.78 Å². The molecule has 20 heavy (non-hydrogen) atoms. The number of hydrogen-bond acceptors (Lipinski definition) is 3. The van der Waals surface area contributed by atoms with Crippen LogP contribution in [0.25, 0.3) is 0 Å². The summed E-state index contributed by atoms with van der Waals surface area (Å²) in [6.45, 7) is 2.28. The lowest BCUT2D eigenvalue weighted by Gasteiger charge is -2.21. The molecule has 1 aromatic rings. The van der Waals surface area contributed by atoms with Crippen LogP contribution >= 0.6 is 0 Å². The molecule has 1 unspecified atom stereocenters. The van der Waals surface area contributed by atoms with Crippen LogP contribution in [0.3, 0.4) is 0 Å². The van der Waals surface area contributed by atoms with Crippen molar-refractivity contribution < 1.29 is 19.1 Å². The van der Waals surface area contributed by atoms with Crippen molar-refractivity contribution in [3.05, 3.63) is 35.6 Å².